The Bertz CT molecular complexity index is 1880. The van der Waals surface area contributed by atoms with Gasteiger partial charge in [-0.3, -0.25) is 0 Å². The molecular weight excluding hydrogens is 841 g/mol. The maximum absolute atomic E-state index is 10.4. The Balaban J connectivity index is 0.000000467. The van der Waals surface area contributed by atoms with Gasteiger partial charge in [-0.25, -0.2) is 16.8 Å². The number of aryl methyl sites for hydroxylation is 2. The average molecular weight is 887 g/mol. The van der Waals surface area contributed by atoms with Gasteiger partial charge in [0.15, 0.2) is 0 Å². The van der Waals surface area contributed by atoms with Crippen molar-refractivity contribution in [2.45, 2.75) is 23.6 Å². The monoisotopic (exact) mass is 886 g/mol. The molecule has 6 rings (SSSR count). The third-order valence-corrected chi connectivity index (χ3v) is 15.6. The molecule has 0 bridgehead atoms. The van der Waals surface area contributed by atoms with Crippen LogP contribution in [0.4, 0.5) is 0 Å². The first-order chi connectivity index (χ1) is 23.9. The molecular formula is C40H46O8P2PdS2+4. The van der Waals surface area contributed by atoms with Crippen molar-refractivity contribution >= 4 is 57.3 Å². The Morgan fingerprint density at radius 2 is 0.604 bits per heavy atom. The number of benzene rings is 6. The van der Waals surface area contributed by atoms with Crippen molar-refractivity contribution in [1.29, 1.82) is 0 Å². The largest absolute Gasteiger partial charge is 2.00 e. The Hall–Kier alpha value is -3.42. The van der Waals surface area contributed by atoms with E-state index in [1.165, 1.54) is 57.8 Å². The molecule has 6 aromatic carbocycles. The first-order valence-electron chi connectivity index (χ1n) is 15.9. The molecule has 0 aliphatic heterocycles. The molecule has 0 saturated carbocycles. The van der Waals surface area contributed by atoms with Gasteiger partial charge in [0.2, 0.25) is 0 Å². The van der Waals surface area contributed by atoms with E-state index in [0.717, 1.165) is 11.1 Å². The average Bonchev–Trinajstić information content (AvgIpc) is 3.12. The van der Waals surface area contributed by atoms with Crippen LogP contribution in [0.25, 0.3) is 0 Å². The summed E-state index contributed by atoms with van der Waals surface area (Å²) in [6.07, 6.45) is 2.52. The van der Waals surface area contributed by atoms with Crippen LogP contribution in [0.5, 0.6) is 0 Å². The molecule has 0 saturated heterocycles. The predicted octanol–water partition coefficient (Wildman–Crippen LogP) is 4.67. The summed E-state index contributed by atoms with van der Waals surface area (Å²) in [5.74, 6) is 0. The molecule has 0 heterocycles. The van der Waals surface area contributed by atoms with Crippen LogP contribution in [-0.2, 0) is 51.6 Å². The van der Waals surface area contributed by atoms with Crippen molar-refractivity contribution in [3.63, 3.8) is 0 Å². The van der Waals surface area contributed by atoms with Crippen LogP contribution >= 0.6 is 15.8 Å². The molecule has 0 amide bonds. The number of hydrogen-bond donors (Lipinski definition) is 0. The van der Waals surface area contributed by atoms with E-state index in [0.29, 0.717) is 0 Å². The molecule has 6 aromatic rings. The minimum Gasteiger partial charge on any atom is -0.744 e. The zero-order valence-corrected chi connectivity index (χ0v) is 34.5. The number of hydrogen-bond acceptors (Lipinski definition) is 6. The van der Waals surface area contributed by atoms with E-state index in [-0.39, 0.29) is 41.2 Å². The molecule has 6 N–H and O–H groups in total. The van der Waals surface area contributed by atoms with Crippen LogP contribution in [0.3, 0.4) is 0 Å². The summed E-state index contributed by atoms with van der Waals surface area (Å²) in [4.78, 5) is -0.355. The molecule has 53 heavy (non-hydrogen) atoms. The van der Waals surface area contributed by atoms with Crippen molar-refractivity contribution < 1.29 is 57.3 Å². The fourth-order valence-electron chi connectivity index (χ4n) is 5.13. The zero-order valence-electron chi connectivity index (χ0n) is 29.3. The van der Waals surface area contributed by atoms with E-state index in [1.54, 1.807) is 24.3 Å². The summed E-state index contributed by atoms with van der Waals surface area (Å²) in [5, 5.41) is 6.06. The van der Waals surface area contributed by atoms with Crippen molar-refractivity contribution in [3.05, 3.63) is 181 Å². The molecule has 0 unspecified atom stereocenters. The van der Waals surface area contributed by atoms with E-state index in [1.807, 2.05) is 13.8 Å². The number of rotatable bonds is 9. The van der Waals surface area contributed by atoms with Gasteiger partial charge in [0.1, 0.15) is 32.6 Å². The van der Waals surface area contributed by atoms with Gasteiger partial charge in [0, 0.05) is 0 Å². The van der Waals surface area contributed by atoms with E-state index < -0.39 is 36.1 Å². The molecule has 0 aliphatic rings. The summed E-state index contributed by atoms with van der Waals surface area (Å²) in [5.41, 5.74) is 1.86. The van der Waals surface area contributed by atoms with Gasteiger partial charge in [0.25, 0.3) is 0 Å². The van der Waals surface area contributed by atoms with Crippen molar-refractivity contribution in [3.8, 4) is 0 Å². The Kier molecular flexibility index (Phi) is 21.0. The minimum atomic E-state index is -4.27. The molecule has 0 radical (unpaired) electrons. The van der Waals surface area contributed by atoms with E-state index in [2.05, 4.69) is 121 Å². The van der Waals surface area contributed by atoms with E-state index >= 15 is 0 Å². The summed E-state index contributed by atoms with van der Waals surface area (Å²) in [6, 6.07) is 56.1. The summed E-state index contributed by atoms with van der Waals surface area (Å²) in [6.45, 7) is 3.64. The van der Waals surface area contributed by atoms with Gasteiger partial charge in [-0.15, -0.1) is 0 Å². The minimum absolute atomic E-state index is 0. The SMILES string of the molecule is Cc1ccc(S(=O)(=O)[O-])cc1.Cc1ccc(S(=O)(=O)[O-])cc1.[OH3+].[OH3+].[Pd+2].c1ccc([PH+](CC[PH+](c2ccccc2)c2ccccc2)c2ccccc2)cc1. The van der Waals surface area contributed by atoms with Crippen LogP contribution in [0, 0.1) is 13.8 Å². The van der Waals surface area contributed by atoms with Crippen LogP contribution in [-0.4, -0.2) is 38.3 Å². The second kappa shape index (κ2) is 23.4. The maximum atomic E-state index is 10.4. The van der Waals surface area contributed by atoms with Crippen molar-refractivity contribution in [2.75, 3.05) is 12.3 Å². The molecule has 0 spiro atoms. The summed E-state index contributed by atoms with van der Waals surface area (Å²) in [7, 11) is -10.1. The predicted molar refractivity (Wildman–Crippen MR) is 219 cm³/mol. The van der Waals surface area contributed by atoms with Gasteiger partial charge in [-0.05, 0) is 86.6 Å². The fraction of sp³-hybridized carbons (Fsp3) is 0.100. The summed E-state index contributed by atoms with van der Waals surface area (Å²) >= 11 is 0. The van der Waals surface area contributed by atoms with Gasteiger partial charge in [-0.1, -0.05) is 108 Å². The van der Waals surface area contributed by atoms with Crippen LogP contribution in [0.15, 0.2) is 180 Å². The molecule has 8 nitrogen and oxygen atoms in total. The van der Waals surface area contributed by atoms with Gasteiger partial charge >= 0.3 is 20.4 Å². The van der Waals surface area contributed by atoms with Crippen molar-refractivity contribution in [1.82, 2.24) is 0 Å². The maximum Gasteiger partial charge on any atom is 2.00 e. The van der Waals surface area contributed by atoms with Crippen LogP contribution in [0.2, 0.25) is 0 Å². The fourth-order valence-corrected chi connectivity index (χ4v) is 12.3. The first-order valence-corrected chi connectivity index (χ1v) is 22.1. The van der Waals surface area contributed by atoms with Gasteiger partial charge in [0.05, 0.1) is 46.9 Å². The van der Waals surface area contributed by atoms with E-state index in [4.69, 9.17) is 0 Å². The summed E-state index contributed by atoms with van der Waals surface area (Å²) < 4.78 is 62.3. The van der Waals surface area contributed by atoms with Gasteiger partial charge < -0.3 is 20.1 Å². The molecule has 0 aromatic heterocycles. The standard InChI is InChI=1S/C26H24P2.2C7H8O3S.2H2O.Pd/c1-5-13-23(14-6-1)27(24-15-7-2-8-16-24)21-22-28(25-17-9-3-10-18-25)26-19-11-4-12-20-26;2*1-6-2-4-7(5-3-6)11(8,9)10;;;/h1-20H,21-22H2;2*2-5H,1H3,(H,8,9,10);2*1H2;/q;;;;;+2/p+2. The molecule has 0 aliphatic carbocycles. The Labute approximate surface area is 329 Å². The third-order valence-electron chi connectivity index (χ3n) is 7.73. The molecule has 13 heteroatoms. The van der Waals surface area contributed by atoms with Gasteiger partial charge in [-0.2, -0.15) is 0 Å². The smallest absolute Gasteiger partial charge is 0.744 e. The molecule has 282 valence electrons. The normalized spacial score (nSPS) is 10.6. The third kappa shape index (κ3) is 15.8. The zero-order chi connectivity index (χ0) is 36.0. The Morgan fingerprint density at radius 3 is 0.792 bits per heavy atom. The Morgan fingerprint density at radius 1 is 0.396 bits per heavy atom. The first kappa shape index (κ1) is 47.6. The molecule has 0 fully saturated rings. The van der Waals surface area contributed by atoms with Crippen LogP contribution in [0.1, 0.15) is 11.1 Å². The van der Waals surface area contributed by atoms with E-state index in [9.17, 15) is 25.9 Å². The second-order valence-electron chi connectivity index (χ2n) is 11.5. The van der Waals surface area contributed by atoms with Crippen LogP contribution < -0.4 is 21.2 Å². The topological polar surface area (TPSA) is 180 Å². The quantitative estimate of drug-likeness (QED) is 0.0881. The second-order valence-corrected chi connectivity index (χ2v) is 19.4. The van der Waals surface area contributed by atoms with Crippen molar-refractivity contribution in [2.24, 2.45) is 0 Å². The molecule has 0 atom stereocenters.